The van der Waals surface area contributed by atoms with Crippen LogP contribution in [0.3, 0.4) is 0 Å². The summed E-state index contributed by atoms with van der Waals surface area (Å²) in [5.41, 5.74) is -0.406. The average Bonchev–Trinajstić information content (AvgIpc) is 3.07. The molecule has 3 rings (SSSR count). The van der Waals surface area contributed by atoms with Gasteiger partial charge in [0.2, 0.25) is 5.91 Å². The number of carbonyl (C=O) groups is 1. The number of anilines is 1. The standard InChI is InChI=1S/C16H13N3O4S/c20-13(19-16-18-7-8-24-16)5-6-17-9-11-14(21)10-3-1-2-4-12(10)23-15(11)22/h1-4,7-9,21H,5-6H2,(H,18,19,20). The number of amides is 1. The van der Waals surface area contributed by atoms with Crippen molar-refractivity contribution in [3.63, 3.8) is 0 Å². The van der Waals surface area contributed by atoms with Gasteiger partial charge in [0.25, 0.3) is 0 Å². The number of nitrogens with zero attached hydrogens (tertiary/aromatic N) is 2. The summed E-state index contributed by atoms with van der Waals surface area (Å²) < 4.78 is 5.13. The van der Waals surface area contributed by atoms with E-state index in [0.29, 0.717) is 16.1 Å². The third-order valence-corrected chi connectivity index (χ3v) is 3.88. The van der Waals surface area contributed by atoms with Crippen molar-refractivity contribution in [2.75, 3.05) is 11.9 Å². The van der Waals surface area contributed by atoms with Crippen LogP contribution in [0, 0.1) is 0 Å². The number of thiazole rings is 1. The zero-order valence-corrected chi connectivity index (χ0v) is 13.2. The molecule has 122 valence electrons. The third kappa shape index (κ3) is 3.49. The van der Waals surface area contributed by atoms with Crippen LogP contribution in [0.5, 0.6) is 5.75 Å². The molecule has 0 unspecified atom stereocenters. The summed E-state index contributed by atoms with van der Waals surface area (Å²) in [5, 5.41) is 15.5. The Kier molecular flexibility index (Phi) is 4.66. The Balaban J connectivity index is 1.67. The van der Waals surface area contributed by atoms with Crippen molar-refractivity contribution < 1.29 is 14.3 Å². The number of fused-ring (bicyclic) bond motifs is 1. The molecule has 0 radical (unpaired) electrons. The molecule has 0 aliphatic carbocycles. The van der Waals surface area contributed by atoms with E-state index >= 15 is 0 Å². The second-order valence-electron chi connectivity index (χ2n) is 4.82. The molecular weight excluding hydrogens is 330 g/mol. The van der Waals surface area contributed by atoms with Gasteiger partial charge in [-0.05, 0) is 12.1 Å². The predicted octanol–water partition coefficient (Wildman–Crippen LogP) is 2.40. The molecule has 2 N–H and O–H groups in total. The molecule has 24 heavy (non-hydrogen) atoms. The number of aromatic nitrogens is 1. The van der Waals surface area contributed by atoms with Gasteiger partial charge in [0.1, 0.15) is 16.9 Å². The van der Waals surface area contributed by atoms with E-state index in [1.807, 2.05) is 0 Å². The first-order valence-electron chi connectivity index (χ1n) is 7.09. The van der Waals surface area contributed by atoms with E-state index < -0.39 is 5.63 Å². The lowest BCUT2D eigenvalue weighted by atomic mass is 10.1. The lowest BCUT2D eigenvalue weighted by Gasteiger charge is -2.02. The van der Waals surface area contributed by atoms with Gasteiger partial charge in [0, 0.05) is 30.8 Å². The second kappa shape index (κ2) is 7.05. The highest BCUT2D eigenvalue weighted by atomic mass is 32.1. The van der Waals surface area contributed by atoms with Crippen LogP contribution in [-0.2, 0) is 4.79 Å². The lowest BCUT2D eigenvalue weighted by molar-refractivity contribution is -0.116. The topological polar surface area (TPSA) is 105 Å². The highest BCUT2D eigenvalue weighted by Crippen LogP contribution is 2.24. The minimum Gasteiger partial charge on any atom is -0.506 e. The number of hydrogen-bond acceptors (Lipinski definition) is 7. The van der Waals surface area contributed by atoms with Crippen molar-refractivity contribution >= 4 is 39.6 Å². The van der Waals surface area contributed by atoms with Crippen molar-refractivity contribution in [1.82, 2.24) is 4.98 Å². The molecule has 0 aliphatic heterocycles. The zero-order chi connectivity index (χ0) is 16.9. The first kappa shape index (κ1) is 15.9. The fourth-order valence-electron chi connectivity index (χ4n) is 2.05. The molecule has 7 nitrogen and oxygen atoms in total. The third-order valence-electron chi connectivity index (χ3n) is 3.19. The van der Waals surface area contributed by atoms with E-state index in [1.165, 1.54) is 17.6 Å². The van der Waals surface area contributed by atoms with E-state index in [9.17, 15) is 14.7 Å². The number of rotatable bonds is 5. The number of hydrogen-bond donors (Lipinski definition) is 2. The van der Waals surface area contributed by atoms with Crippen LogP contribution < -0.4 is 10.9 Å². The first-order valence-corrected chi connectivity index (χ1v) is 7.97. The highest BCUT2D eigenvalue weighted by Gasteiger charge is 2.11. The maximum absolute atomic E-state index is 11.9. The van der Waals surface area contributed by atoms with Crippen molar-refractivity contribution in [2.45, 2.75) is 6.42 Å². The molecule has 2 heterocycles. The normalized spacial score (nSPS) is 11.2. The Labute approximate surface area is 140 Å². The van der Waals surface area contributed by atoms with Crippen molar-refractivity contribution in [2.24, 2.45) is 4.99 Å². The van der Waals surface area contributed by atoms with Gasteiger partial charge in [-0.2, -0.15) is 0 Å². The molecule has 0 spiro atoms. The van der Waals surface area contributed by atoms with Crippen LogP contribution >= 0.6 is 11.3 Å². The van der Waals surface area contributed by atoms with Crippen molar-refractivity contribution in [3.8, 4) is 5.75 Å². The number of carbonyl (C=O) groups excluding carboxylic acids is 1. The minimum absolute atomic E-state index is 0.0333. The molecule has 0 atom stereocenters. The Morgan fingerprint density at radius 1 is 1.42 bits per heavy atom. The molecule has 0 aliphatic rings. The quantitative estimate of drug-likeness (QED) is 0.547. The number of nitrogens with one attached hydrogen (secondary N) is 1. The molecular formula is C16H13N3O4S. The monoisotopic (exact) mass is 343 g/mol. The number of aliphatic imine (C=N–C) groups is 1. The van der Waals surface area contributed by atoms with Gasteiger partial charge in [-0.3, -0.25) is 9.79 Å². The van der Waals surface area contributed by atoms with E-state index in [0.717, 1.165) is 0 Å². The van der Waals surface area contributed by atoms with Crippen LogP contribution in [0.15, 0.2) is 50.0 Å². The molecule has 0 saturated carbocycles. The molecule has 0 saturated heterocycles. The van der Waals surface area contributed by atoms with Gasteiger partial charge >= 0.3 is 5.63 Å². The van der Waals surface area contributed by atoms with Gasteiger partial charge in [-0.15, -0.1) is 11.3 Å². The lowest BCUT2D eigenvalue weighted by Crippen LogP contribution is -2.12. The highest BCUT2D eigenvalue weighted by molar-refractivity contribution is 7.13. The predicted molar refractivity (Wildman–Crippen MR) is 92.0 cm³/mol. The average molecular weight is 343 g/mol. The Hall–Kier alpha value is -3.00. The number of benzene rings is 1. The minimum atomic E-state index is -0.679. The molecule has 8 heteroatoms. The van der Waals surface area contributed by atoms with Crippen LogP contribution in [0.4, 0.5) is 5.13 Å². The van der Waals surface area contributed by atoms with Gasteiger partial charge in [0.15, 0.2) is 5.13 Å². The van der Waals surface area contributed by atoms with Gasteiger partial charge < -0.3 is 14.8 Å². The second-order valence-corrected chi connectivity index (χ2v) is 5.71. The molecule has 1 amide bonds. The summed E-state index contributed by atoms with van der Waals surface area (Å²) in [5.74, 6) is -0.408. The number of para-hydroxylation sites is 1. The smallest absolute Gasteiger partial charge is 0.348 e. The molecule has 3 aromatic rings. The van der Waals surface area contributed by atoms with Gasteiger partial charge in [0.05, 0.1) is 5.39 Å². The van der Waals surface area contributed by atoms with Crippen LogP contribution in [-0.4, -0.2) is 28.8 Å². The summed E-state index contributed by atoms with van der Waals surface area (Å²) in [6.45, 7) is 0.170. The SMILES string of the molecule is O=C(CCN=Cc1c(O)c2ccccc2oc1=O)Nc1nccs1. The molecule has 1 aromatic carbocycles. The maximum atomic E-state index is 11.9. The molecule has 0 fully saturated rings. The number of aromatic hydroxyl groups is 1. The van der Waals surface area contributed by atoms with Gasteiger partial charge in [-0.25, -0.2) is 9.78 Å². The van der Waals surface area contributed by atoms with E-state index in [-0.39, 0.29) is 30.2 Å². The summed E-state index contributed by atoms with van der Waals surface area (Å²) in [4.78, 5) is 31.5. The van der Waals surface area contributed by atoms with E-state index in [4.69, 9.17) is 4.42 Å². The Morgan fingerprint density at radius 2 is 2.25 bits per heavy atom. The molecule has 2 aromatic heterocycles. The largest absolute Gasteiger partial charge is 0.506 e. The van der Waals surface area contributed by atoms with E-state index in [1.54, 1.807) is 35.8 Å². The summed E-state index contributed by atoms with van der Waals surface area (Å²) >= 11 is 1.32. The zero-order valence-electron chi connectivity index (χ0n) is 12.4. The fourth-order valence-corrected chi connectivity index (χ4v) is 2.60. The first-order chi connectivity index (χ1) is 11.6. The van der Waals surface area contributed by atoms with Crippen LogP contribution in [0.1, 0.15) is 12.0 Å². The Morgan fingerprint density at radius 3 is 3.04 bits per heavy atom. The fraction of sp³-hybridized carbons (Fsp3) is 0.125. The van der Waals surface area contributed by atoms with Gasteiger partial charge in [-0.1, -0.05) is 12.1 Å². The summed E-state index contributed by atoms with van der Waals surface area (Å²) in [6.07, 6.45) is 2.96. The summed E-state index contributed by atoms with van der Waals surface area (Å²) in [7, 11) is 0. The molecule has 0 bridgehead atoms. The van der Waals surface area contributed by atoms with Crippen molar-refractivity contribution in [3.05, 3.63) is 51.8 Å². The van der Waals surface area contributed by atoms with E-state index in [2.05, 4.69) is 15.3 Å². The van der Waals surface area contributed by atoms with Crippen LogP contribution in [0.25, 0.3) is 11.0 Å². The summed E-state index contributed by atoms with van der Waals surface area (Å²) in [6, 6.07) is 6.68. The maximum Gasteiger partial charge on any atom is 0.348 e. The van der Waals surface area contributed by atoms with Crippen LogP contribution in [0.2, 0.25) is 0 Å². The Bertz CT molecular complexity index is 948. The van der Waals surface area contributed by atoms with Crippen molar-refractivity contribution in [1.29, 1.82) is 0 Å².